The number of nitrogens with zero attached hydrogens (tertiary/aromatic N) is 2. The van der Waals surface area contributed by atoms with Crippen LogP contribution in [0, 0.1) is 0 Å². The normalized spacial score (nSPS) is 11.7. The van der Waals surface area contributed by atoms with E-state index in [2.05, 4.69) is 16.9 Å². The molecule has 0 spiro atoms. The van der Waals surface area contributed by atoms with Crippen molar-refractivity contribution in [2.24, 2.45) is 0 Å². The highest BCUT2D eigenvalue weighted by Crippen LogP contribution is 2.20. The predicted molar refractivity (Wildman–Crippen MR) is 126 cm³/mol. The molecule has 2 rings (SSSR count). The lowest BCUT2D eigenvalue weighted by molar-refractivity contribution is -0.150. The molecule has 6 heteroatoms. The van der Waals surface area contributed by atoms with Crippen molar-refractivity contribution in [3.63, 3.8) is 0 Å². The summed E-state index contributed by atoms with van der Waals surface area (Å²) in [7, 11) is 0. The molecule has 0 saturated carbocycles. The summed E-state index contributed by atoms with van der Waals surface area (Å²) in [5.41, 5.74) is 2.10. The van der Waals surface area contributed by atoms with E-state index in [1.807, 2.05) is 36.7 Å². The monoisotopic (exact) mass is 440 g/mol. The van der Waals surface area contributed by atoms with Gasteiger partial charge in [-0.2, -0.15) is 0 Å². The molecule has 1 atom stereocenters. The fourth-order valence-electron chi connectivity index (χ4n) is 3.25. The van der Waals surface area contributed by atoms with Crippen LogP contribution in [-0.2, 0) is 20.7 Å². The van der Waals surface area contributed by atoms with E-state index >= 15 is 0 Å². The summed E-state index contributed by atoms with van der Waals surface area (Å²) in [6.07, 6.45) is 12.5. The van der Waals surface area contributed by atoms with Crippen LogP contribution in [-0.4, -0.2) is 34.4 Å². The van der Waals surface area contributed by atoms with Crippen LogP contribution in [0.1, 0.15) is 77.7 Å². The molecule has 1 unspecified atom stereocenters. The molecule has 174 valence electrons. The van der Waals surface area contributed by atoms with Gasteiger partial charge >= 0.3 is 5.97 Å². The molecule has 0 aliphatic rings. The van der Waals surface area contributed by atoms with Gasteiger partial charge in [0, 0.05) is 24.4 Å². The van der Waals surface area contributed by atoms with Crippen molar-refractivity contribution < 1.29 is 19.1 Å². The Kier molecular flexibility index (Phi) is 11.4. The van der Waals surface area contributed by atoms with Gasteiger partial charge in [-0.05, 0) is 56.5 Å². The standard InChI is InChI=1S/C26H36N2O4/c1-4-5-6-7-8-9-10-22-17-27-26(28-18-22)23-12-14-24(15-13-23)31-19-21(3)32-25(30)16-11-20(2)29/h12-15,17-18,21H,4-11,16,19H2,1-3H3. The van der Waals surface area contributed by atoms with Crippen molar-refractivity contribution in [2.45, 2.75) is 84.7 Å². The van der Waals surface area contributed by atoms with Gasteiger partial charge in [-0.3, -0.25) is 4.79 Å². The third-order valence-electron chi connectivity index (χ3n) is 5.14. The highest BCUT2D eigenvalue weighted by Gasteiger charge is 2.11. The van der Waals surface area contributed by atoms with E-state index < -0.39 is 6.10 Å². The Morgan fingerprint density at radius 1 is 0.938 bits per heavy atom. The number of ether oxygens (including phenoxy) is 2. The number of rotatable bonds is 15. The van der Waals surface area contributed by atoms with Gasteiger partial charge in [0.25, 0.3) is 0 Å². The zero-order chi connectivity index (χ0) is 23.2. The quantitative estimate of drug-likeness (QED) is 0.260. The lowest BCUT2D eigenvalue weighted by Crippen LogP contribution is -2.22. The number of carbonyl (C=O) groups excluding carboxylic acids is 2. The van der Waals surface area contributed by atoms with Gasteiger partial charge in [0.1, 0.15) is 24.2 Å². The molecular formula is C26H36N2O4. The Hall–Kier alpha value is -2.76. The second-order valence-electron chi connectivity index (χ2n) is 8.27. The highest BCUT2D eigenvalue weighted by atomic mass is 16.6. The van der Waals surface area contributed by atoms with Crippen LogP contribution in [0.4, 0.5) is 0 Å². The molecule has 32 heavy (non-hydrogen) atoms. The van der Waals surface area contributed by atoms with E-state index in [1.54, 1.807) is 6.92 Å². The molecule has 6 nitrogen and oxygen atoms in total. The summed E-state index contributed by atoms with van der Waals surface area (Å²) in [6, 6.07) is 7.55. The molecule has 0 amide bonds. The molecule has 2 aromatic rings. The number of aryl methyl sites for hydroxylation is 1. The van der Waals surface area contributed by atoms with Crippen LogP contribution >= 0.6 is 0 Å². The second-order valence-corrected chi connectivity index (χ2v) is 8.27. The summed E-state index contributed by atoms with van der Waals surface area (Å²) in [5, 5.41) is 0. The molecule has 1 aromatic carbocycles. The average Bonchev–Trinajstić information content (AvgIpc) is 2.79. The van der Waals surface area contributed by atoms with Crippen LogP contribution in [0.2, 0.25) is 0 Å². The number of esters is 1. The molecular weight excluding hydrogens is 404 g/mol. The van der Waals surface area contributed by atoms with Crippen molar-refractivity contribution in [3.05, 3.63) is 42.2 Å². The number of unbranched alkanes of at least 4 members (excludes halogenated alkanes) is 5. The first-order chi connectivity index (χ1) is 15.5. The lowest BCUT2D eigenvalue weighted by atomic mass is 10.1. The van der Waals surface area contributed by atoms with E-state index in [9.17, 15) is 9.59 Å². The maximum atomic E-state index is 11.7. The fourth-order valence-corrected chi connectivity index (χ4v) is 3.25. The smallest absolute Gasteiger partial charge is 0.306 e. The molecule has 1 aromatic heterocycles. The highest BCUT2D eigenvalue weighted by molar-refractivity contribution is 5.81. The Morgan fingerprint density at radius 2 is 1.59 bits per heavy atom. The maximum absolute atomic E-state index is 11.7. The number of benzene rings is 1. The van der Waals surface area contributed by atoms with Crippen molar-refractivity contribution in [1.82, 2.24) is 9.97 Å². The van der Waals surface area contributed by atoms with Gasteiger partial charge in [0.15, 0.2) is 5.82 Å². The summed E-state index contributed by atoms with van der Waals surface area (Å²) in [4.78, 5) is 31.6. The number of aromatic nitrogens is 2. The Morgan fingerprint density at radius 3 is 2.25 bits per heavy atom. The van der Waals surface area contributed by atoms with Crippen molar-refractivity contribution >= 4 is 11.8 Å². The second kappa shape index (κ2) is 14.3. The van der Waals surface area contributed by atoms with Crippen LogP contribution < -0.4 is 4.74 Å². The number of carbonyl (C=O) groups is 2. The van der Waals surface area contributed by atoms with Gasteiger partial charge in [-0.15, -0.1) is 0 Å². The Bertz CT molecular complexity index is 819. The van der Waals surface area contributed by atoms with Crippen LogP contribution in [0.5, 0.6) is 5.75 Å². The first-order valence-corrected chi connectivity index (χ1v) is 11.7. The first kappa shape index (κ1) is 25.5. The van der Waals surface area contributed by atoms with Gasteiger partial charge < -0.3 is 14.3 Å². The lowest BCUT2D eigenvalue weighted by Gasteiger charge is -2.14. The molecule has 0 aliphatic heterocycles. The predicted octanol–water partition coefficient (Wildman–Crippen LogP) is 5.73. The molecule has 0 fully saturated rings. The van der Waals surface area contributed by atoms with Crippen LogP contribution in [0.3, 0.4) is 0 Å². The zero-order valence-corrected chi connectivity index (χ0v) is 19.6. The minimum Gasteiger partial charge on any atom is -0.490 e. The minimum atomic E-state index is -0.392. The van der Waals surface area contributed by atoms with Crippen molar-refractivity contribution in [3.8, 4) is 17.1 Å². The first-order valence-electron chi connectivity index (χ1n) is 11.7. The molecule has 0 saturated heterocycles. The summed E-state index contributed by atoms with van der Waals surface area (Å²) in [6.45, 7) is 5.70. The Balaban J connectivity index is 1.74. The van der Waals surface area contributed by atoms with Gasteiger partial charge in [0.2, 0.25) is 0 Å². The van der Waals surface area contributed by atoms with E-state index in [0.29, 0.717) is 11.6 Å². The molecule has 0 aliphatic carbocycles. The largest absolute Gasteiger partial charge is 0.490 e. The van der Waals surface area contributed by atoms with Crippen LogP contribution in [0.25, 0.3) is 11.4 Å². The van der Waals surface area contributed by atoms with Gasteiger partial charge in [-0.1, -0.05) is 39.0 Å². The number of hydrogen-bond acceptors (Lipinski definition) is 6. The molecule has 0 N–H and O–H groups in total. The van der Waals surface area contributed by atoms with Crippen LogP contribution in [0.15, 0.2) is 36.7 Å². The number of Topliss-reactive ketones (excluding diaryl/α,β-unsaturated/α-hetero) is 1. The maximum Gasteiger partial charge on any atom is 0.306 e. The summed E-state index contributed by atoms with van der Waals surface area (Å²) >= 11 is 0. The molecule has 1 heterocycles. The average molecular weight is 441 g/mol. The van der Waals surface area contributed by atoms with E-state index in [4.69, 9.17) is 9.47 Å². The fraction of sp³-hybridized carbons (Fsp3) is 0.538. The molecule has 0 radical (unpaired) electrons. The van der Waals surface area contributed by atoms with Crippen molar-refractivity contribution in [2.75, 3.05) is 6.61 Å². The summed E-state index contributed by atoms with van der Waals surface area (Å²) in [5.74, 6) is 0.960. The Labute approximate surface area is 191 Å². The van der Waals surface area contributed by atoms with Gasteiger partial charge in [-0.25, -0.2) is 9.97 Å². The zero-order valence-electron chi connectivity index (χ0n) is 19.6. The third-order valence-corrected chi connectivity index (χ3v) is 5.14. The molecule has 0 bridgehead atoms. The topological polar surface area (TPSA) is 78.4 Å². The van der Waals surface area contributed by atoms with Crippen molar-refractivity contribution in [1.29, 1.82) is 0 Å². The number of ketones is 1. The van der Waals surface area contributed by atoms with E-state index in [0.717, 1.165) is 12.0 Å². The minimum absolute atomic E-state index is 0.0256. The van der Waals surface area contributed by atoms with E-state index in [-0.39, 0.29) is 31.2 Å². The third kappa shape index (κ3) is 10.0. The SMILES string of the molecule is CCCCCCCCc1cnc(-c2ccc(OCC(C)OC(=O)CCC(C)=O)cc2)nc1. The number of hydrogen-bond donors (Lipinski definition) is 0. The van der Waals surface area contributed by atoms with Gasteiger partial charge in [0.05, 0.1) is 6.42 Å². The van der Waals surface area contributed by atoms with E-state index in [1.165, 1.54) is 51.0 Å². The summed E-state index contributed by atoms with van der Waals surface area (Å²) < 4.78 is 10.9.